The SMILES string of the molecule is Cc1cc(-c2ccccc2)nn1-c1nncn1N.Cl.Cl. The van der Waals surface area contributed by atoms with Gasteiger partial charge in [0.2, 0.25) is 0 Å². The van der Waals surface area contributed by atoms with Crippen molar-refractivity contribution < 1.29 is 0 Å². The Bertz CT molecular complexity index is 676. The predicted molar refractivity (Wildman–Crippen MR) is 82.0 cm³/mol. The molecular weight excluding hydrogens is 299 g/mol. The van der Waals surface area contributed by atoms with Crippen LogP contribution in [0, 0.1) is 6.92 Å². The van der Waals surface area contributed by atoms with Crippen LogP contribution in [0.3, 0.4) is 0 Å². The highest BCUT2D eigenvalue weighted by Gasteiger charge is 2.11. The smallest absolute Gasteiger partial charge is 0.270 e. The van der Waals surface area contributed by atoms with Crippen LogP contribution in [-0.2, 0) is 0 Å². The number of nitrogen functional groups attached to an aromatic ring is 1. The number of aryl methyl sites for hydroxylation is 1. The minimum atomic E-state index is 0. The molecule has 0 radical (unpaired) electrons. The quantitative estimate of drug-likeness (QED) is 0.734. The molecule has 6 nitrogen and oxygen atoms in total. The molecule has 0 atom stereocenters. The highest BCUT2D eigenvalue weighted by atomic mass is 35.5. The van der Waals surface area contributed by atoms with Crippen LogP contribution in [0.2, 0.25) is 0 Å². The van der Waals surface area contributed by atoms with Gasteiger partial charge in [0, 0.05) is 11.3 Å². The predicted octanol–water partition coefficient (Wildman–Crippen LogP) is 2.00. The highest BCUT2D eigenvalue weighted by Crippen LogP contribution is 2.19. The van der Waals surface area contributed by atoms with Gasteiger partial charge >= 0.3 is 0 Å². The number of halogens is 2. The van der Waals surface area contributed by atoms with Crippen LogP contribution in [-0.4, -0.2) is 24.7 Å². The van der Waals surface area contributed by atoms with E-state index in [2.05, 4.69) is 15.3 Å². The minimum Gasteiger partial charge on any atom is -0.335 e. The summed E-state index contributed by atoms with van der Waals surface area (Å²) >= 11 is 0. The molecule has 2 heterocycles. The fourth-order valence-corrected chi connectivity index (χ4v) is 1.82. The first-order valence-corrected chi connectivity index (χ1v) is 5.53. The lowest BCUT2D eigenvalue weighted by Gasteiger charge is -2.01. The summed E-state index contributed by atoms with van der Waals surface area (Å²) in [6.45, 7) is 1.95. The van der Waals surface area contributed by atoms with Crippen LogP contribution in [0.5, 0.6) is 0 Å². The number of rotatable bonds is 2. The number of nitrogens with zero attached hydrogens (tertiary/aromatic N) is 5. The molecule has 8 heteroatoms. The maximum Gasteiger partial charge on any atom is 0.270 e. The van der Waals surface area contributed by atoms with Crippen molar-refractivity contribution in [3.63, 3.8) is 0 Å². The summed E-state index contributed by atoms with van der Waals surface area (Å²) in [4.78, 5) is 0. The molecule has 0 aliphatic heterocycles. The lowest BCUT2D eigenvalue weighted by molar-refractivity contribution is 0.752. The normalized spacial score (nSPS) is 9.65. The Hall–Kier alpha value is -2.05. The Morgan fingerprint density at radius 3 is 2.40 bits per heavy atom. The second kappa shape index (κ2) is 6.40. The zero-order valence-corrected chi connectivity index (χ0v) is 12.3. The van der Waals surface area contributed by atoms with E-state index in [0.717, 1.165) is 17.0 Å². The largest absolute Gasteiger partial charge is 0.335 e. The van der Waals surface area contributed by atoms with Gasteiger partial charge in [-0.15, -0.1) is 35.0 Å². The molecule has 2 aromatic heterocycles. The van der Waals surface area contributed by atoms with E-state index in [1.165, 1.54) is 11.0 Å². The van der Waals surface area contributed by atoms with Gasteiger partial charge in [-0.2, -0.15) is 5.10 Å². The average molecular weight is 313 g/mol. The van der Waals surface area contributed by atoms with Gasteiger partial charge in [-0.05, 0) is 13.0 Å². The third-order valence-electron chi connectivity index (χ3n) is 2.70. The first-order chi connectivity index (χ1) is 8.75. The number of hydrogen-bond donors (Lipinski definition) is 1. The highest BCUT2D eigenvalue weighted by molar-refractivity contribution is 5.85. The third-order valence-corrected chi connectivity index (χ3v) is 2.70. The number of nitrogens with two attached hydrogens (primary N) is 1. The van der Waals surface area contributed by atoms with Crippen LogP contribution < -0.4 is 5.84 Å². The fraction of sp³-hybridized carbons (Fsp3) is 0.0833. The zero-order valence-electron chi connectivity index (χ0n) is 10.7. The maximum absolute atomic E-state index is 5.72. The molecule has 3 aromatic rings. The van der Waals surface area contributed by atoms with Crippen molar-refractivity contribution in [2.24, 2.45) is 0 Å². The molecular formula is C12H14Cl2N6. The van der Waals surface area contributed by atoms with Crippen LogP contribution in [0.4, 0.5) is 0 Å². The van der Waals surface area contributed by atoms with Crippen LogP contribution in [0.25, 0.3) is 17.2 Å². The minimum absolute atomic E-state index is 0. The summed E-state index contributed by atoms with van der Waals surface area (Å²) in [6.07, 6.45) is 1.44. The first-order valence-electron chi connectivity index (χ1n) is 5.53. The standard InChI is InChI=1S/C12H12N6.2ClH/c1-9-7-11(10-5-3-2-4-6-10)16-18(9)12-15-14-8-17(12)13;;/h2-8H,13H2,1H3;2*1H. The van der Waals surface area contributed by atoms with Crippen molar-refractivity contribution in [1.82, 2.24) is 24.7 Å². The van der Waals surface area contributed by atoms with Crippen molar-refractivity contribution in [3.8, 4) is 17.2 Å². The summed E-state index contributed by atoms with van der Waals surface area (Å²) in [6, 6.07) is 12.0. The van der Waals surface area contributed by atoms with Crippen molar-refractivity contribution in [3.05, 3.63) is 48.4 Å². The van der Waals surface area contributed by atoms with Crippen molar-refractivity contribution in [2.75, 3.05) is 5.84 Å². The Morgan fingerprint density at radius 2 is 1.80 bits per heavy atom. The number of aromatic nitrogens is 5. The summed E-state index contributed by atoms with van der Waals surface area (Å²) in [5.41, 5.74) is 2.90. The van der Waals surface area contributed by atoms with E-state index < -0.39 is 0 Å². The van der Waals surface area contributed by atoms with Gasteiger partial charge in [0.25, 0.3) is 5.95 Å². The maximum atomic E-state index is 5.72. The fourth-order valence-electron chi connectivity index (χ4n) is 1.82. The average Bonchev–Trinajstić information content (AvgIpc) is 2.96. The van der Waals surface area contributed by atoms with Gasteiger partial charge in [0.05, 0.1) is 5.69 Å². The second-order valence-electron chi connectivity index (χ2n) is 3.99. The molecule has 20 heavy (non-hydrogen) atoms. The molecule has 0 unspecified atom stereocenters. The first kappa shape index (κ1) is 16.0. The van der Waals surface area contributed by atoms with Gasteiger partial charge < -0.3 is 5.84 Å². The van der Waals surface area contributed by atoms with E-state index in [1.807, 2.05) is 43.3 Å². The second-order valence-corrected chi connectivity index (χ2v) is 3.99. The van der Waals surface area contributed by atoms with Crippen molar-refractivity contribution in [1.29, 1.82) is 0 Å². The van der Waals surface area contributed by atoms with Crippen molar-refractivity contribution in [2.45, 2.75) is 6.92 Å². The summed E-state index contributed by atoms with van der Waals surface area (Å²) in [5, 5.41) is 12.2. The van der Waals surface area contributed by atoms with Gasteiger partial charge in [-0.25, -0.2) is 9.36 Å². The molecule has 106 valence electrons. The van der Waals surface area contributed by atoms with Gasteiger partial charge in [0.15, 0.2) is 0 Å². The number of benzene rings is 1. The van der Waals surface area contributed by atoms with Crippen LogP contribution >= 0.6 is 24.8 Å². The van der Waals surface area contributed by atoms with E-state index in [-0.39, 0.29) is 24.8 Å². The molecule has 0 aliphatic rings. The monoisotopic (exact) mass is 312 g/mol. The summed E-state index contributed by atoms with van der Waals surface area (Å²) < 4.78 is 3.02. The van der Waals surface area contributed by atoms with E-state index in [1.54, 1.807) is 4.68 Å². The molecule has 1 aromatic carbocycles. The molecule has 0 amide bonds. The zero-order chi connectivity index (χ0) is 12.5. The van der Waals surface area contributed by atoms with E-state index in [0.29, 0.717) is 5.95 Å². The Labute approximate surface area is 128 Å². The Balaban J connectivity index is 0.000001000. The lowest BCUT2D eigenvalue weighted by Crippen LogP contribution is -2.15. The molecule has 2 N–H and O–H groups in total. The Morgan fingerprint density at radius 1 is 1.10 bits per heavy atom. The third kappa shape index (κ3) is 2.76. The molecule has 3 rings (SSSR count). The van der Waals surface area contributed by atoms with E-state index >= 15 is 0 Å². The van der Waals surface area contributed by atoms with E-state index in [9.17, 15) is 0 Å². The molecule has 0 fully saturated rings. The van der Waals surface area contributed by atoms with Gasteiger partial charge in [-0.3, -0.25) is 0 Å². The van der Waals surface area contributed by atoms with Crippen LogP contribution in [0.1, 0.15) is 5.69 Å². The van der Waals surface area contributed by atoms with Gasteiger partial charge in [0.1, 0.15) is 6.33 Å². The van der Waals surface area contributed by atoms with E-state index in [4.69, 9.17) is 5.84 Å². The molecule has 0 bridgehead atoms. The molecule has 0 spiro atoms. The Kier molecular flexibility index (Phi) is 5.12. The topological polar surface area (TPSA) is 74.5 Å². The van der Waals surface area contributed by atoms with Crippen molar-refractivity contribution >= 4 is 24.8 Å². The summed E-state index contributed by atoms with van der Waals surface area (Å²) in [7, 11) is 0. The lowest BCUT2D eigenvalue weighted by atomic mass is 10.1. The molecule has 0 saturated carbocycles. The number of hydrogen-bond acceptors (Lipinski definition) is 4. The molecule has 0 aliphatic carbocycles. The summed E-state index contributed by atoms with van der Waals surface area (Å²) in [5.74, 6) is 6.22. The van der Waals surface area contributed by atoms with Crippen LogP contribution in [0.15, 0.2) is 42.7 Å². The van der Waals surface area contributed by atoms with Gasteiger partial charge in [-0.1, -0.05) is 30.3 Å². The molecule has 0 saturated heterocycles.